The lowest BCUT2D eigenvalue weighted by atomic mass is 9.85. The molecule has 7 heteroatoms. The number of hydrogen-bond acceptors (Lipinski definition) is 4. The molecule has 0 aromatic heterocycles. The van der Waals surface area contributed by atoms with Gasteiger partial charge < -0.3 is 10.4 Å². The van der Waals surface area contributed by atoms with Gasteiger partial charge in [0.2, 0.25) is 5.91 Å². The summed E-state index contributed by atoms with van der Waals surface area (Å²) in [7, 11) is -3.38. The summed E-state index contributed by atoms with van der Waals surface area (Å²) in [6.07, 6.45) is 1.67. The summed E-state index contributed by atoms with van der Waals surface area (Å²) < 4.78 is 23.9. The van der Waals surface area contributed by atoms with Crippen LogP contribution in [0, 0.1) is 0 Å². The lowest BCUT2D eigenvalue weighted by molar-refractivity contribution is -0.142. The van der Waals surface area contributed by atoms with Crippen molar-refractivity contribution < 1.29 is 23.1 Å². The summed E-state index contributed by atoms with van der Waals surface area (Å²) in [6.45, 7) is 3.19. The lowest BCUT2D eigenvalue weighted by Gasteiger charge is -2.22. The summed E-state index contributed by atoms with van der Waals surface area (Å²) in [4.78, 5) is 23.4. The molecule has 1 saturated heterocycles. The molecule has 0 saturated carbocycles. The van der Waals surface area contributed by atoms with E-state index in [4.69, 9.17) is 0 Å². The molecule has 1 atom stereocenters. The Hall–Kier alpha value is -1.89. The highest BCUT2D eigenvalue weighted by Gasteiger charge is 2.35. The van der Waals surface area contributed by atoms with Crippen molar-refractivity contribution in [3.8, 4) is 0 Å². The van der Waals surface area contributed by atoms with Crippen LogP contribution in [0.5, 0.6) is 0 Å². The molecule has 2 N–H and O–H groups in total. The van der Waals surface area contributed by atoms with Crippen molar-refractivity contribution >= 4 is 27.4 Å². The molecule has 0 aliphatic carbocycles. The van der Waals surface area contributed by atoms with E-state index in [2.05, 4.69) is 5.32 Å². The molecule has 1 aromatic carbocycles. The summed E-state index contributed by atoms with van der Waals surface area (Å²) in [6, 6.07) is 6.43. The van der Waals surface area contributed by atoms with Gasteiger partial charge >= 0.3 is 5.97 Å². The first-order chi connectivity index (χ1) is 10.6. The number of nitrogens with one attached hydrogen (secondary N) is 1. The van der Waals surface area contributed by atoms with Crippen LogP contribution in [-0.2, 0) is 24.8 Å². The number of rotatable bonds is 4. The van der Waals surface area contributed by atoms with E-state index < -0.39 is 32.4 Å². The second-order valence-electron chi connectivity index (χ2n) is 6.35. The number of carbonyl (C=O) groups is 2. The van der Waals surface area contributed by atoms with Crippen LogP contribution in [0.4, 0.5) is 5.69 Å². The Morgan fingerprint density at radius 1 is 1.17 bits per heavy atom. The number of carboxylic acids is 1. The van der Waals surface area contributed by atoms with Crippen molar-refractivity contribution in [3.05, 3.63) is 29.8 Å². The van der Waals surface area contributed by atoms with Gasteiger partial charge in [0.1, 0.15) is 5.25 Å². The summed E-state index contributed by atoms with van der Waals surface area (Å²) in [5.74, 6) is -1.41. The maximum atomic E-state index is 12.2. The maximum absolute atomic E-state index is 12.2. The van der Waals surface area contributed by atoms with Gasteiger partial charge in [-0.3, -0.25) is 9.59 Å². The summed E-state index contributed by atoms with van der Waals surface area (Å²) in [5, 5.41) is 10.8. The predicted molar refractivity (Wildman–Crippen MR) is 87.2 cm³/mol. The zero-order valence-corrected chi connectivity index (χ0v) is 14.0. The van der Waals surface area contributed by atoms with Crippen LogP contribution in [0.2, 0.25) is 0 Å². The lowest BCUT2D eigenvalue weighted by Crippen LogP contribution is -2.39. The van der Waals surface area contributed by atoms with Gasteiger partial charge in [-0.05, 0) is 44.4 Å². The molecule has 1 unspecified atom stereocenters. The van der Waals surface area contributed by atoms with Gasteiger partial charge in [0, 0.05) is 5.69 Å². The summed E-state index contributed by atoms with van der Waals surface area (Å²) >= 11 is 0. The van der Waals surface area contributed by atoms with Gasteiger partial charge in [0.25, 0.3) is 0 Å². The van der Waals surface area contributed by atoms with Crippen LogP contribution in [-0.4, -0.2) is 36.4 Å². The molecule has 0 spiro atoms. The molecular formula is C16H21NO5S. The van der Waals surface area contributed by atoms with E-state index >= 15 is 0 Å². The number of hydrogen-bond donors (Lipinski definition) is 2. The van der Waals surface area contributed by atoms with E-state index in [0.717, 1.165) is 6.42 Å². The van der Waals surface area contributed by atoms with E-state index in [-0.39, 0.29) is 5.75 Å². The van der Waals surface area contributed by atoms with Crippen LogP contribution in [0.1, 0.15) is 38.7 Å². The number of anilines is 1. The average molecular weight is 339 g/mol. The highest BCUT2D eigenvalue weighted by molar-refractivity contribution is 7.92. The molecule has 0 bridgehead atoms. The zero-order valence-electron chi connectivity index (χ0n) is 13.2. The molecule has 1 heterocycles. The molecule has 6 nitrogen and oxygen atoms in total. The Morgan fingerprint density at radius 2 is 1.78 bits per heavy atom. The maximum Gasteiger partial charge on any atom is 0.313 e. The quantitative estimate of drug-likeness (QED) is 0.873. The molecule has 1 aromatic rings. The van der Waals surface area contributed by atoms with Crippen LogP contribution >= 0.6 is 0 Å². The second-order valence-corrected chi connectivity index (χ2v) is 8.65. The largest absolute Gasteiger partial charge is 0.481 e. The number of amides is 1. The van der Waals surface area contributed by atoms with E-state index in [1.54, 1.807) is 38.1 Å². The van der Waals surface area contributed by atoms with Gasteiger partial charge in [-0.15, -0.1) is 0 Å². The monoisotopic (exact) mass is 339 g/mol. The van der Waals surface area contributed by atoms with Gasteiger partial charge in [-0.25, -0.2) is 8.42 Å². The number of aliphatic carboxylic acids is 1. The van der Waals surface area contributed by atoms with Crippen LogP contribution < -0.4 is 5.32 Å². The molecule has 1 amide bonds. The molecule has 1 aliphatic rings. The van der Waals surface area contributed by atoms with Crippen molar-refractivity contribution in [2.24, 2.45) is 0 Å². The second kappa shape index (κ2) is 6.31. The third-order valence-corrected chi connectivity index (χ3v) is 6.45. The predicted octanol–water partition coefficient (Wildman–Crippen LogP) is 1.95. The normalized spacial score (nSPS) is 20.7. The minimum atomic E-state index is -3.38. The number of carbonyl (C=O) groups excluding carboxylic acids is 1. The molecule has 0 radical (unpaired) electrons. The smallest absolute Gasteiger partial charge is 0.313 e. The first kappa shape index (κ1) is 17.5. The fourth-order valence-corrected chi connectivity index (χ4v) is 4.37. The van der Waals surface area contributed by atoms with E-state index in [9.17, 15) is 23.1 Å². The Labute approximate surface area is 135 Å². The van der Waals surface area contributed by atoms with Gasteiger partial charge in [-0.1, -0.05) is 18.6 Å². The minimum Gasteiger partial charge on any atom is -0.481 e. The molecule has 23 heavy (non-hydrogen) atoms. The van der Waals surface area contributed by atoms with Gasteiger partial charge in [0.15, 0.2) is 9.84 Å². The fourth-order valence-electron chi connectivity index (χ4n) is 2.57. The Bertz CT molecular complexity index is 706. The standard InChI is InChI=1S/C16H21NO5S/c1-16(2,15(19)20)11-6-8-12(9-7-11)17-14(18)13-5-3-4-10-23(13,21)22/h6-9,13H,3-5,10H2,1-2H3,(H,17,18)(H,19,20). The Kier molecular flexibility index (Phi) is 4.79. The van der Waals surface area contributed by atoms with Crippen LogP contribution in [0.15, 0.2) is 24.3 Å². The fraction of sp³-hybridized carbons (Fsp3) is 0.500. The first-order valence-electron chi connectivity index (χ1n) is 7.51. The van der Waals surface area contributed by atoms with Crippen molar-refractivity contribution in [2.75, 3.05) is 11.1 Å². The minimum absolute atomic E-state index is 0.0524. The van der Waals surface area contributed by atoms with E-state index in [1.807, 2.05) is 0 Å². The van der Waals surface area contributed by atoms with Crippen LogP contribution in [0.25, 0.3) is 0 Å². The van der Waals surface area contributed by atoms with Crippen molar-refractivity contribution in [1.29, 1.82) is 0 Å². The number of benzene rings is 1. The third kappa shape index (κ3) is 3.72. The van der Waals surface area contributed by atoms with Crippen molar-refractivity contribution in [1.82, 2.24) is 0 Å². The highest BCUT2D eigenvalue weighted by atomic mass is 32.2. The number of carboxylic acid groups (broad SMARTS) is 1. The van der Waals surface area contributed by atoms with Crippen LogP contribution in [0.3, 0.4) is 0 Å². The van der Waals surface area contributed by atoms with Gasteiger partial charge in [-0.2, -0.15) is 0 Å². The van der Waals surface area contributed by atoms with Crippen molar-refractivity contribution in [2.45, 2.75) is 43.8 Å². The first-order valence-corrected chi connectivity index (χ1v) is 9.22. The third-order valence-electron chi connectivity index (χ3n) is 4.28. The van der Waals surface area contributed by atoms with Gasteiger partial charge in [0.05, 0.1) is 11.2 Å². The van der Waals surface area contributed by atoms with E-state index in [0.29, 0.717) is 24.1 Å². The molecular weight excluding hydrogens is 318 g/mol. The highest BCUT2D eigenvalue weighted by Crippen LogP contribution is 2.26. The Morgan fingerprint density at radius 3 is 2.30 bits per heavy atom. The molecule has 2 rings (SSSR count). The molecule has 126 valence electrons. The SMILES string of the molecule is CC(C)(C(=O)O)c1ccc(NC(=O)C2CCCCS2(=O)=O)cc1. The Balaban J connectivity index is 2.12. The average Bonchev–Trinajstić information content (AvgIpc) is 2.47. The van der Waals surface area contributed by atoms with Crippen molar-refractivity contribution in [3.63, 3.8) is 0 Å². The molecule has 1 aliphatic heterocycles. The topological polar surface area (TPSA) is 101 Å². The summed E-state index contributed by atoms with van der Waals surface area (Å²) in [5.41, 5.74) is 0.0314. The van der Waals surface area contributed by atoms with E-state index in [1.165, 1.54) is 0 Å². The molecule has 1 fully saturated rings. The number of sulfone groups is 1. The zero-order chi connectivity index (χ0) is 17.3.